The molecule has 6 nitrogen and oxygen atoms in total. The van der Waals surface area contributed by atoms with Gasteiger partial charge in [-0.1, -0.05) is 24.3 Å². The van der Waals surface area contributed by atoms with Crippen LogP contribution in [-0.4, -0.2) is 42.5 Å². The summed E-state index contributed by atoms with van der Waals surface area (Å²) >= 11 is 0. The fraction of sp³-hybridized carbons (Fsp3) is 0.333. The molecule has 1 unspecified atom stereocenters. The largest absolute Gasteiger partial charge is 0.485 e. The molecule has 2 aliphatic rings. The fourth-order valence-corrected chi connectivity index (χ4v) is 3.20. The Labute approximate surface area is 158 Å². The molecule has 6 heteroatoms. The Morgan fingerprint density at radius 1 is 1.07 bits per heavy atom. The molecule has 2 aromatic rings. The lowest BCUT2D eigenvalue weighted by Crippen LogP contribution is -2.47. The molecule has 0 aromatic heterocycles. The van der Waals surface area contributed by atoms with Gasteiger partial charge in [-0.25, -0.2) is 0 Å². The first kappa shape index (κ1) is 17.4. The fourth-order valence-electron chi connectivity index (χ4n) is 3.20. The van der Waals surface area contributed by atoms with Crippen molar-refractivity contribution in [3.63, 3.8) is 0 Å². The van der Waals surface area contributed by atoms with Crippen molar-refractivity contribution in [3.8, 4) is 11.5 Å². The van der Waals surface area contributed by atoms with Gasteiger partial charge in [-0.2, -0.15) is 0 Å². The predicted molar refractivity (Wildman–Crippen MR) is 99.8 cm³/mol. The van der Waals surface area contributed by atoms with Crippen LogP contribution in [0.15, 0.2) is 48.5 Å². The summed E-state index contributed by atoms with van der Waals surface area (Å²) in [5.41, 5.74) is 1.59. The molecule has 2 aromatic carbocycles. The summed E-state index contributed by atoms with van der Waals surface area (Å²) in [7, 11) is 1.61. The summed E-state index contributed by atoms with van der Waals surface area (Å²) in [5.74, 6) is 1.10. The first-order valence-electron chi connectivity index (χ1n) is 9.15. The van der Waals surface area contributed by atoms with Gasteiger partial charge in [0.2, 0.25) is 6.10 Å². The van der Waals surface area contributed by atoms with Crippen molar-refractivity contribution in [2.75, 3.05) is 13.7 Å². The Hall–Kier alpha value is -3.02. The van der Waals surface area contributed by atoms with E-state index in [1.165, 1.54) is 0 Å². The minimum absolute atomic E-state index is 0.0534. The quantitative estimate of drug-likeness (QED) is 0.882. The van der Waals surface area contributed by atoms with E-state index in [0.717, 1.165) is 18.4 Å². The Balaban J connectivity index is 1.47. The molecule has 1 saturated carbocycles. The van der Waals surface area contributed by atoms with E-state index in [-0.39, 0.29) is 24.5 Å². The molecule has 140 valence electrons. The molecule has 0 saturated heterocycles. The molecule has 1 aliphatic heterocycles. The van der Waals surface area contributed by atoms with Gasteiger partial charge in [0, 0.05) is 25.2 Å². The van der Waals surface area contributed by atoms with Crippen LogP contribution in [0.1, 0.15) is 28.8 Å². The van der Waals surface area contributed by atoms with E-state index in [9.17, 15) is 9.59 Å². The number of carbonyl (C=O) groups is 2. The maximum Gasteiger partial charge on any atom is 0.267 e. The first-order chi connectivity index (χ1) is 13.2. The maximum atomic E-state index is 13.1. The molecule has 2 amide bonds. The molecule has 1 N–H and O–H groups in total. The number of amides is 2. The Morgan fingerprint density at radius 2 is 1.78 bits per heavy atom. The molecule has 0 spiro atoms. The number of nitrogens with one attached hydrogen (secondary N) is 1. The smallest absolute Gasteiger partial charge is 0.267 e. The highest BCUT2D eigenvalue weighted by molar-refractivity contribution is 5.94. The molecule has 4 rings (SSSR count). The zero-order chi connectivity index (χ0) is 18.8. The van der Waals surface area contributed by atoms with Gasteiger partial charge < -0.3 is 19.7 Å². The molecule has 1 atom stereocenters. The van der Waals surface area contributed by atoms with Crippen molar-refractivity contribution >= 4 is 11.8 Å². The van der Waals surface area contributed by atoms with Gasteiger partial charge in [0.15, 0.2) is 11.5 Å². The second-order valence-electron chi connectivity index (χ2n) is 6.84. The van der Waals surface area contributed by atoms with Crippen molar-refractivity contribution in [1.82, 2.24) is 10.2 Å². The van der Waals surface area contributed by atoms with E-state index < -0.39 is 6.10 Å². The van der Waals surface area contributed by atoms with Crippen LogP contribution >= 0.6 is 0 Å². The number of hydrogen-bond acceptors (Lipinski definition) is 4. The monoisotopic (exact) mass is 366 g/mol. The first-order valence-corrected chi connectivity index (χ1v) is 9.15. The Morgan fingerprint density at radius 3 is 2.44 bits per heavy atom. The average molecular weight is 366 g/mol. The topological polar surface area (TPSA) is 67.9 Å². The van der Waals surface area contributed by atoms with Gasteiger partial charge in [-0.3, -0.25) is 9.59 Å². The molecule has 0 radical (unpaired) electrons. The number of benzene rings is 2. The van der Waals surface area contributed by atoms with Crippen LogP contribution in [0, 0.1) is 0 Å². The standard InChI is InChI=1S/C21H22N2O4/c1-22-20(24)15-8-6-14(7-9-15)12-23(16-10-11-16)21(25)19-13-26-17-4-2-3-5-18(17)27-19/h2-9,16,19H,10-13H2,1H3,(H,22,24). The molecule has 0 bridgehead atoms. The zero-order valence-corrected chi connectivity index (χ0v) is 15.2. The van der Waals surface area contributed by atoms with E-state index in [1.807, 2.05) is 41.3 Å². The normalized spacial score (nSPS) is 17.9. The van der Waals surface area contributed by atoms with E-state index in [1.54, 1.807) is 19.2 Å². The molecule has 1 aliphatic carbocycles. The lowest BCUT2D eigenvalue weighted by molar-refractivity contribution is -0.142. The number of para-hydroxylation sites is 2. The molecular weight excluding hydrogens is 344 g/mol. The number of nitrogens with zero attached hydrogens (tertiary/aromatic N) is 1. The third-order valence-corrected chi connectivity index (χ3v) is 4.85. The number of hydrogen-bond donors (Lipinski definition) is 1. The summed E-state index contributed by atoms with van der Waals surface area (Å²) in [5, 5.41) is 2.61. The predicted octanol–water partition coefficient (Wildman–Crippen LogP) is 2.38. The Kier molecular flexibility index (Phi) is 4.71. The van der Waals surface area contributed by atoms with Crippen LogP contribution in [0.2, 0.25) is 0 Å². The Bertz CT molecular complexity index is 846. The average Bonchev–Trinajstić information content (AvgIpc) is 3.56. The maximum absolute atomic E-state index is 13.1. The molecular formula is C21H22N2O4. The van der Waals surface area contributed by atoms with Gasteiger partial charge in [-0.15, -0.1) is 0 Å². The van der Waals surface area contributed by atoms with E-state index in [4.69, 9.17) is 9.47 Å². The van der Waals surface area contributed by atoms with Crippen molar-refractivity contribution in [2.24, 2.45) is 0 Å². The van der Waals surface area contributed by atoms with E-state index in [2.05, 4.69) is 5.32 Å². The third kappa shape index (κ3) is 3.74. The molecule has 1 fully saturated rings. The van der Waals surface area contributed by atoms with Crippen molar-refractivity contribution in [1.29, 1.82) is 0 Å². The van der Waals surface area contributed by atoms with Crippen LogP contribution in [0.5, 0.6) is 11.5 Å². The van der Waals surface area contributed by atoms with Crippen LogP contribution in [-0.2, 0) is 11.3 Å². The van der Waals surface area contributed by atoms with Crippen LogP contribution in [0.25, 0.3) is 0 Å². The highest BCUT2D eigenvalue weighted by Crippen LogP contribution is 2.34. The van der Waals surface area contributed by atoms with Gasteiger partial charge in [0.1, 0.15) is 6.61 Å². The minimum Gasteiger partial charge on any atom is -0.485 e. The lowest BCUT2D eigenvalue weighted by atomic mass is 10.1. The van der Waals surface area contributed by atoms with Crippen LogP contribution < -0.4 is 14.8 Å². The SMILES string of the molecule is CNC(=O)c1ccc(CN(C(=O)C2COc3ccccc3O2)C2CC2)cc1. The third-order valence-electron chi connectivity index (χ3n) is 4.85. The van der Waals surface area contributed by atoms with Crippen molar-refractivity contribution < 1.29 is 19.1 Å². The summed E-state index contributed by atoms with van der Waals surface area (Å²) < 4.78 is 11.6. The van der Waals surface area contributed by atoms with Gasteiger partial charge >= 0.3 is 0 Å². The van der Waals surface area contributed by atoms with Crippen molar-refractivity contribution in [3.05, 3.63) is 59.7 Å². The van der Waals surface area contributed by atoms with Gasteiger partial charge in [-0.05, 0) is 42.7 Å². The number of carbonyl (C=O) groups excluding carboxylic acids is 2. The lowest BCUT2D eigenvalue weighted by Gasteiger charge is -2.31. The zero-order valence-electron chi connectivity index (χ0n) is 15.2. The van der Waals surface area contributed by atoms with Gasteiger partial charge in [0.25, 0.3) is 11.8 Å². The van der Waals surface area contributed by atoms with E-state index >= 15 is 0 Å². The molecule has 1 heterocycles. The van der Waals surface area contributed by atoms with Crippen molar-refractivity contribution in [2.45, 2.75) is 31.5 Å². The summed E-state index contributed by atoms with van der Waals surface area (Å²) in [4.78, 5) is 26.6. The summed E-state index contributed by atoms with van der Waals surface area (Å²) in [6.07, 6.45) is 1.38. The highest BCUT2D eigenvalue weighted by atomic mass is 16.6. The van der Waals surface area contributed by atoms with Gasteiger partial charge in [0.05, 0.1) is 0 Å². The minimum atomic E-state index is -0.634. The highest BCUT2D eigenvalue weighted by Gasteiger charge is 2.38. The second-order valence-corrected chi connectivity index (χ2v) is 6.84. The summed E-state index contributed by atoms with van der Waals surface area (Å²) in [6, 6.07) is 15.0. The van der Waals surface area contributed by atoms with E-state index in [0.29, 0.717) is 23.6 Å². The molecule has 27 heavy (non-hydrogen) atoms. The van der Waals surface area contributed by atoms with Crippen LogP contribution in [0.3, 0.4) is 0 Å². The second kappa shape index (κ2) is 7.31. The van der Waals surface area contributed by atoms with Crippen LogP contribution in [0.4, 0.5) is 0 Å². The summed E-state index contributed by atoms with van der Waals surface area (Å²) in [6.45, 7) is 0.716. The number of fused-ring (bicyclic) bond motifs is 1. The number of rotatable bonds is 5. The number of ether oxygens (including phenoxy) is 2.